The fourth-order valence-electron chi connectivity index (χ4n) is 1.94. The molecule has 0 aliphatic heterocycles. The fourth-order valence-corrected chi connectivity index (χ4v) is 3.62. The highest BCUT2D eigenvalue weighted by atomic mass is 32.2. The maximum Gasteiger partial charge on any atom is 0.250 e. The summed E-state index contributed by atoms with van der Waals surface area (Å²) in [5.74, 6) is 0.754. The molecule has 0 heterocycles. The fraction of sp³-hybridized carbons (Fsp3) is 0.650. The highest BCUT2D eigenvalue weighted by Crippen LogP contribution is 2.38. The van der Waals surface area contributed by atoms with Gasteiger partial charge in [0.1, 0.15) is 27.6 Å². The number of aliphatic hydroxyl groups excluding tert-OH is 1. The van der Waals surface area contributed by atoms with Crippen molar-refractivity contribution < 1.29 is 14.1 Å². The van der Waals surface area contributed by atoms with Gasteiger partial charge in [-0.15, -0.1) is 0 Å². The topological polar surface area (TPSA) is 64.9 Å². The molecule has 148 valence electrons. The number of para-hydroxylation sites is 1. The molecule has 0 saturated heterocycles. The van der Waals surface area contributed by atoms with Gasteiger partial charge in [0.2, 0.25) is 0 Å². The number of nitrogens with zero attached hydrogens (tertiary/aromatic N) is 1. The summed E-state index contributed by atoms with van der Waals surface area (Å²) in [7, 11) is -2.03. The summed E-state index contributed by atoms with van der Waals surface area (Å²) in [4.78, 5) is 0. The summed E-state index contributed by atoms with van der Waals surface area (Å²) in [6.45, 7) is 18.4. The summed E-state index contributed by atoms with van der Waals surface area (Å²) in [5, 5.41) is 10.0. The third kappa shape index (κ3) is 6.41. The Morgan fingerprint density at radius 3 is 2.19 bits per heavy atom. The average molecular weight is 398 g/mol. The van der Waals surface area contributed by atoms with Crippen molar-refractivity contribution in [1.29, 1.82) is 0 Å². The first kappa shape index (κ1) is 23.2. The zero-order valence-electron chi connectivity index (χ0n) is 17.7. The first-order valence-electron chi connectivity index (χ1n) is 9.11. The van der Waals surface area contributed by atoms with Gasteiger partial charge in [-0.05, 0) is 58.0 Å². The Morgan fingerprint density at radius 2 is 1.73 bits per heavy atom. The lowest BCUT2D eigenvalue weighted by atomic mass is 10.0. The van der Waals surface area contributed by atoms with Crippen LogP contribution in [0, 0.1) is 0 Å². The van der Waals surface area contributed by atoms with Crippen LogP contribution < -0.4 is 4.43 Å². The van der Waals surface area contributed by atoms with Crippen molar-refractivity contribution >= 4 is 25.4 Å². The van der Waals surface area contributed by atoms with Gasteiger partial charge in [-0.1, -0.05) is 37.3 Å². The smallest absolute Gasteiger partial charge is 0.250 e. The molecule has 1 unspecified atom stereocenters. The third-order valence-electron chi connectivity index (χ3n) is 4.57. The Balaban J connectivity index is 3.39. The van der Waals surface area contributed by atoms with Crippen LogP contribution in [-0.2, 0) is 11.4 Å². The second-order valence-corrected chi connectivity index (χ2v) is 15.9. The SMILES string of the molecule is C[C@@H](O)CC(=N[S+]([O-])C(C)(C)C)c1ccccc1O[Si](C)(C)C(C)(C)C. The van der Waals surface area contributed by atoms with E-state index in [1.54, 1.807) is 6.92 Å². The largest absolute Gasteiger partial charge is 0.591 e. The van der Waals surface area contributed by atoms with E-state index in [4.69, 9.17) is 4.43 Å². The van der Waals surface area contributed by atoms with Crippen molar-refractivity contribution in [3.63, 3.8) is 0 Å². The van der Waals surface area contributed by atoms with Crippen LogP contribution in [0.3, 0.4) is 0 Å². The Kier molecular flexibility index (Phi) is 7.56. The molecule has 0 radical (unpaired) electrons. The lowest BCUT2D eigenvalue weighted by Crippen LogP contribution is -2.44. The van der Waals surface area contributed by atoms with Gasteiger partial charge in [0, 0.05) is 12.0 Å². The second-order valence-electron chi connectivity index (χ2n) is 9.31. The minimum atomic E-state index is -2.03. The van der Waals surface area contributed by atoms with Crippen LogP contribution in [0.15, 0.2) is 28.7 Å². The molecule has 1 rings (SSSR count). The average Bonchev–Trinajstić information content (AvgIpc) is 2.44. The van der Waals surface area contributed by atoms with Gasteiger partial charge in [0.15, 0.2) is 0 Å². The standard InChI is InChI=1S/C20H35NO3SSi/c1-15(22)14-17(21-25(23)19(2,3)4)16-12-10-11-13-18(16)24-26(8,9)20(5,6)7/h10-13,15,22H,14H2,1-9H3/t15-,25?/m1/s1. The molecule has 0 aliphatic carbocycles. The van der Waals surface area contributed by atoms with Gasteiger partial charge in [-0.25, -0.2) is 0 Å². The van der Waals surface area contributed by atoms with E-state index >= 15 is 0 Å². The van der Waals surface area contributed by atoms with E-state index in [1.165, 1.54) is 0 Å². The number of hydrogen-bond acceptors (Lipinski definition) is 4. The summed E-state index contributed by atoms with van der Waals surface area (Å²) in [6.07, 6.45) is -0.244. The maximum atomic E-state index is 12.6. The van der Waals surface area contributed by atoms with Crippen LogP contribution in [0.25, 0.3) is 0 Å². The summed E-state index contributed by atoms with van der Waals surface area (Å²) in [6, 6.07) is 7.73. The van der Waals surface area contributed by atoms with E-state index in [1.807, 2.05) is 45.0 Å². The molecule has 26 heavy (non-hydrogen) atoms. The molecule has 1 aromatic carbocycles. The Hall–Kier alpha value is -0.823. The lowest BCUT2D eigenvalue weighted by molar-refractivity contribution is 0.203. The van der Waals surface area contributed by atoms with Crippen molar-refractivity contribution in [1.82, 2.24) is 0 Å². The Labute approximate surface area is 163 Å². The second kappa shape index (κ2) is 8.46. The number of benzene rings is 1. The Morgan fingerprint density at radius 1 is 1.19 bits per heavy atom. The monoisotopic (exact) mass is 397 g/mol. The molecular weight excluding hydrogens is 362 g/mol. The van der Waals surface area contributed by atoms with Crippen molar-refractivity contribution in [3.05, 3.63) is 29.8 Å². The van der Waals surface area contributed by atoms with Crippen LogP contribution in [0.1, 0.15) is 60.5 Å². The van der Waals surface area contributed by atoms with Gasteiger partial charge in [0.25, 0.3) is 8.32 Å². The molecule has 0 fully saturated rings. The van der Waals surface area contributed by atoms with Gasteiger partial charge < -0.3 is 14.1 Å². The summed E-state index contributed by atoms with van der Waals surface area (Å²) < 4.78 is 23.1. The third-order valence-corrected chi connectivity index (χ3v) is 10.4. The molecular formula is C20H35NO3SSi. The molecule has 0 amide bonds. The normalized spacial score (nSPS) is 16.3. The molecule has 0 spiro atoms. The van der Waals surface area contributed by atoms with E-state index in [2.05, 4.69) is 38.3 Å². The van der Waals surface area contributed by atoms with Crippen LogP contribution in [-0.4, -0.2) is 34.5 Å². The van der Waals surface area contributed by atoms with E-state index in [0.717, 1.165) is 11.3 Å². The highest BCUT2D eigenvalue weighted by Gasteiger charge is 2.39. The van der Waals surface area contributed by atoms with E-state index in [-0.39, 0.29) is 5.04 Å². The van der Waals surface area contributed by atoms with E-state index in [0.29, 0.717) is 12.1 Å². The minimum Gasteiger partial charge on any atom is -0.591 e. The van der Waals surface area contributed by atoms with E-state index in [9.17, 15) is 9.66 Å². The quantitative estimate of drug-likeness (QED) is 0.413. The number of rotatable bonds is 6. The van der Waals surface area contributed by atoms with Gasteiger partial charge in [-0.3, -0.25) is 0 Å². The maximum absolute atomic E-state index is 12.6. The molecule has 0 aliphatic rings. The molecule has 2 atom stereocenters. The zero-order chi connectivity index (χ0) is 20.3. The highest BCUT2D eigenvalue weighted by molar-refractivity contribution is 7.91. The van der Waals surface area contributed by atoms with Crippen molar-refractivity contribution in [2.24, 2.45) is 4.40 Å². The van der Waals surface area contributed by atoms with Crippen LogP contribution in [0.5, 0.6) is 5.75 Å². The van der Waals surface area contributed by atoms with Gasteiger partial charge >= 0.3 is 0 Å². The summed E-state index contributed by atoms with van der Waals surface area (Å²) >= 11 is -1.40. The molecule has 6 heteroatoms. The predicted molar refractivity (Wildman–Crippen MR) is 115 cm³/mol. The van der Waals surface area contributed by atoms with E-state index < -0.39 is 30.5 Å². The number of hydrogen-bond donors (Lipinski definition) is 1. The van der Waals surface area contributed by atoms with Crippen molar-refractivity contribution in [2.75, 3.05) is 0 Å². The molecule has 0 aromatic heterocycles. The minimum absolute atomic E-state index is 0.0654. The molecule has 4 nitrogen and oxygen atoms in total. The zero-order valence-corrected chi connectivity index (χ0v) is 19.5. The van der Waals surface area contributed by atoms with Gasteiger partial charge in [0.05, 0.1) is 6.10 Å². The Bertz CT molecular complexity index is 631. The van der Waals surface area contributed by atoms with Crippen LogP contribution in [0.2, 0.25) is 18.1 Å². The first-order chi connectivity index (χ1) is 11.6. The predicted octanol–water partition coefficient (Wildman–Crippen LogP) is 5.09. The van der Waals surface area contributed by atoms with Crippen molar-refractivity contribution in [2.45, 2.75) is 83.9 Å². The van der Waals surface area contributed by atoms with Gasteiger partial charge in [-0.2, -0.15) is 0 Å². The number of aliphatic hydroxyl groups is 1. The molecule has 0 saturated carbocycles. The summed E-state index contributed by atoms with van der Waals surface area (Å²) in [5.41, 5.74) is 1.44. The van der Waals surface area contributed by atoms with Crippen LogP contribution >= 0.6 is 0 Å². The van der Waals surface area contributed by atoms with Crippen LogP contribution in [0.4, 0.5) is 0 Å². The molecule has 1 aromatic rings. The molecule has 0 bridgehead atoms. The van der Waals surface area contributed by atoms with Crippen molar-refractivity contribution in [3.8, 4) is 5.75 Å². The first-order valence-corrected chi connectivity index (χ1v) is 13.1. The lowest BCUT2D eigenvalue weighted by Gasteiger charge is -2.37. The molecule has 1 N–H and O–H groups in total.